The van der Waals surface area contributed by atoms with Gasteiger partial charge in [0.05, 0.1) is 0 Å². The minimum atomic E-state index is -0.354. The number of nitrogens with one attached hydrogen (secondary N) is 2. The molecule has 0 bridgehead atoms. The zero-order valence-corrected chi connectivity index (χ0v) is 13.8. The Morgan fingerprint density at radius 1 is 1.12 bits per heavy atom. The fraction of sp³-hybridized carbons (Fsp3) is 0.471. The van der Waals surface area contributed by atoms with Gasteiger partial charge in [-0.3, -0.25) is 19.4 Å². The topological polar surface area (TPSA) is 81.8 Å². The maximum Gasteiger partial charge on any atom is 0.319 e. The van der Waals surface area contributed by atoms with Crippen LogP contribution in [0.2, 0.25) is 0 Å². The highest BCUT2D eigenvalue weighted by Crippen LogP contribution is 2.14. The summed E-state index contributed by atoms with van der Waals surface area (Å²) in [5.74, 6) is -0.553. The fourth-order valence-electron chi connectivity index (χ4n) is 3.15. The third-order valence-electron chi connectivity index (χ3n) is 4.50. The molecule has 2 aliphatic heterocycles. The van der Waals surface area contributed by atoms with Crippen LogP contribution in [0, 0.1) is 5.82 Å². The van der Waals surface area contributed by atoms with Crippen LogP contribution in [-0.2, 0) is 9.59 Å². The molecule has 0 spiro atoms. The second kappa shape index (κ2) is 7.60. The first-order valence-electron chi connectivity index (χ1n) is 8.40. The number of urea groups is 1. The summed E-state index contributed by atoms with van der Waals surface area (Å²) in [7, 11) is 0. The van der Waals surface area contributed by atoms with Crippen molar-refractivity contribution in [3.05, 3.63) is 30.1 Å². The molecule has 3 rings (SSSR count). The lowest BCUT2D eigenvalue weighted by molar-refractivity contribution is -0.138. The Morgan fingerprint density at radius 3 is 2.48 bits per heavy atom. The molecule has 0 unspecified atom stereocenters. The number of amides is 4. The largest absolute Gasteiger partial charge is 0.334 e. The first-order chi connectivity index (χ1) is 12.0. The van der Waals surface area contributed by atoms with E-state index in [0.29, 0.717) is 38.2 Å². The van der Waals surface area contributed by atoms with E-state index < -0.39 is 0 Å². The maximum atomic E-state index is 12.8. The fourth-order valence-corrected chi connectivity index (χ4v) is 3.15. The number of hydrogen-bond donors (Lipinski definition) is 2. The van der Waals surface area contributed by atoms with E-state index in [2.05, 4.69) is 15.5 Å². The average molecular weight is 348 g/mol. The van der Waals surface area contributed by atoms with Gasteiger partial charge in [-0.15, -0.1) is 0 Å². The molecule has 2 aliphatic rings. The predicted octanol–water partition coefficient (Wildman–Crippen LogP) is 1.17. The minimum absolute atomic E-state index is 0.00503. The van der Waals surface area contributed by atoms with Gasteiger partial charge in [-0.05, 0) is 30.7 Å². The van der Waals surface area contributed by atoms with Crippen molar-refractivity contribution in [2.24, 2.45) is 0 Å². The van der Waals surface area contributed by atoms with Gasteiger partial charge in [0.15, 0.2) is 0 Å². The molecule has 8 heteroatoms. The highest BCUT2D eigenvalue weighted by Gasteiger charge is 2.30. The highest BCUT2D eigenvalue weighted by atomic mass is 19.1. The number of carbonyl (C=O) groups excluding carboxylic acids is 3. The van der Waals surface area contributed by atoms with Crippen molar-refractivity contribution in [1.82, 2.24) is 15.1 Å². The molecule has 0 saturated carbocycles. The molecular formula is C17H21FN4O3. The Hall–Kier alpha value is -2.48. The maximum absolute atomic E-state index is 12.8. The Kier molecular flexibility index (Phi) is 5.28. The van der Waals surface area contributed by atoms with Gasteiger partial charge in [-0.1, -0.05) is 0 Å². The number of carbonyl (C=O) groups is 3. The zero-order valence-electron chi connectivity index (χ0n) is 13.8. The van der Waals surface area contributed by atoms with Crippen LogP contribution in [0.4, 0.5) is 14.9 Å². The summed E-state index contributed by atoms with van der Waals surface area (Å²) in [6.45, 7) is 2.51. The number of halogens is 1. The average Bonchev–Trinajstić information content (AvgIpc) is 3.14. The summed E-state index contributed by atoms with van der Waals surface area (Å²) in [5.41, 5.74) is 0.528. The van der Waals surface area contributed by atoms with Gasteiger partial charge in [0.1, 0.15) is 5.82 Å². The lowest BCUT2D eigenvalue weighted by Crippen LogP contribution is -2.41. The smallest absolute Gasteiger partial charge is 0.319 e. The van der Waals surface area contributed by atoms with Crippen LogP contribution >= 0.6 is 0 Å². The van der Waals surface area contributed by atoms with E-state index in [0.717, 1.165) is 13.0 Å². The van der Waals surface area contributed by atoms with E-state index in [-0.39, 0.29) is 29.7 Å². The van der Waals surface area contributed by atoms with E-state index in [1.165, 1.54) is 29.2 Å². The number of imide groups is 1. The highest BCUT2D eigenvalue weighted by molar-refractivity contribution is 6.01. The number of anilines is 1. The molecule has 2 fully saturated rings. The summed E-state index contributed by atoms with van der Waals surface area (Å²) in [4.78, 5) is 38.6. The summed E-state index contributed by atoms with van der Waals surface area (Å²) in [6.07, 6.45) is 1.43. The monoisotopic (exact) mass is 348 g/mol. The predicted molar refractivity (Wildman–Crippen MR) is 89.4 cm³/mol. The van der Waals surface area contributed by atoms with Crippen LogP contribution in [0.3, 0.4) is 0 Å². The summed E-state index contributed by atoms with van der Waals surface area (Å²) in [6, 6.07) is 5.25. The number of hydrogen-bond acceptors (Lipinski definition) is 4. The number of benzene rings is 1. The molecule has 0 aliphatic carbocycles. The molecular weight excluding hydrogens is 327 g/mol. The van der Waals surface area contributed by atoms with Gasteiger partial charge in [0.2, 0.25) is 11.8 Å². The van der Waals surface area contributed by atoms with Gasteiger partial charge in [0.25, 0.3) is 0 Å². The molecule has 134 valence electrons. The normalized spacial score (nSPS) is 21.0. The van der Waals surface area contributed by atoms with Gasteiger partial charge >= 0.3 is 6.03 Å². The van der Waals surface area contributed by atoms with Crippen LogP contribution in [0.5, 0.6) is 0 Å². The van der Waals surface area contributed by atoms with Crippen molar-refractivity contribution >= 4 is 23.5 Å². The van der Waals surface area contributed by atoms with Gasteiger partial charge < -0.3 is 10.6 Å². The second-order valence-corrected chi connectivity index (χ2v) is 6.33. The molecule has 1 aromatic carbocycles. The Labute approximate surface area is 145 Å². The lowest BCUT2D eigenvalue weighted by Gasteiger charge is -2.20. The zero-order chi connectivity index (χ0) is 17.8. The first kappa shape index (κ1) is 17.3. The first-order valence-corrected chi connectivity index (χ1v) is 8.40. The lowest BCUT2D eigenvalue weighted by atomic mass is 10.3. The van der Waals surface area contributed by atoms with E-state index in [9.17, 15) is 18.8 Å². The Balaban J connectivity index is 1.40. The molecule has 2 heterocycles. The van der Waals surface area contributed by atoms with Crippen molar-refractivity contribution in [2.75, 3.05) is 31.5 Å². The quantitative estimate of drug-likeness (QED) is 0.783. The third kappa shape index (κ3) is 4.54. The minimum Gasteiger partial charge on any atom is -0.334 e. The van der Waals surface area contributed by atoms with E-state index >= 15 is 0 Å². The van der Waals surface area contributed by atoms with Gasteiger partial charge in [0, 0.05) is 50.7 Å². The third-order valence-corrected chi connectivity index (χ3v) is 4.50. The summed E-state index contributed by atoms with van der Waals surface area (Å²) in [5, 5.41) is 5.55. The molecule has 25 heavy (non-hydrogen) atoms. The van der Waals surface area contributed by atoms with E-state index in [1.54, 1.807) is 0 Å². The van der Waals surface area contributed by atoms with Crippen molar-refractivity contribution in [2.45, 2.75) is 25.3 Å². The second-order valence-electron chi connectivity index (χ2n) is 6.33. The van der Waals surface area contributed by atoms with Crippen LogP contribution in [-0.4, -0.2) is 59.9 Å². The molecule has 0 radical (unpaired) electrons. The molecule has 2 N–H and O–H groups in total. The van der Waals surface area contributed by atoms with Crippen LogP contribution in [0.15, 0.2) is 24.3 Å². The van der Waals surface area contributed by atoms with Crippen molar-refractivity contribution in [3.63, 3.8) is 0 Å². The standard InChI is InChI=1S/C17H21FN4O3/c18-12-1-3-13(4-2-12)19-17(25)20-14-7-8-21(11-14)9-10-22-15(23)5-6-16(22)24/h1-4,14H,5-11H2,(H2,19,20,25)/t14-/m0/s1. The molecule has 1 atom stereocenters. The molecule has 7 nitrogen and oxygen atoms in total. The number of nitrogens with zero attached hydrogens (tertiary/aromatic N) is 2. The SMILES string of the molecule is O=C(Nc1ccc(F)cc1)N[C@H]1CCN(CCN2C(=O)CCC2=O)C1. The summed E-state index contributed by atoms with van der Waals surface area (Å²) >= 11 is 0. The Morgan fingerprint density at radius 2 is 1.80 bits per heavy atom. The van der Waals surface area contributed by atoms with Crippen LogP contribution in [0.25, 0.3) is 0 Å². The molecule has 4 amide bonds. The molecule has 0 aromatic heterocycles. The van der Waals surface area contributed by atoms with Crippen LogP contribution < -0.4 is 10.6 Å². The van der Waals surface area contributed by atoms with Crippen molar-refractivity contribution in [3.8, 4) is 0 Å². The van der Waals surface area contributed by atoms with Crippen LogP contribution in [0.1, 0.15) is 19.3 Å². The Bertz CT molecular complexity index is 648. The molecule has 2 saturated heterocycles. The van der Waals surface area contributed by atoms with E-state index in [4.69, 9.17) is 0 Å². The van der Waals surface area contributed by atoms with E-state index in [1.807, 2.05) is 0 Å². The van der Waals surface area contributed by atoms with Crippen molar-refractivity contribution < 1.29 is 18.8 Å². The van der Waals surface area contributed by atoms with Crippen molar-refractivity contribution in [1.29, 1.82) is 0 Å². The summed E-state index contributed by atoms with van der Waals surface area (Å²) < 4.78 is 12.8. The van der Waals surface area contributed by atoms with Gasteiger partial charge in [-0.25, -0.2) is 9.18 Å². The van der Waals surface area contributed by atoms with Gasteiger partial charge in [-0.2, -0.15) is 0 Å². The molecule has 1 aromatic rings. The number of rotatable bonds is 5. The number of likely N-dealkylation sites (tertiary alicyclic amines) is 2.